The number of nitrogens with one attached hydrogen (secondary N) is 2. The van der Waals surface area contributed by atoms with Gasteiger partial charge in [0.2, 0.25) is 10.0 Å². The van der Waals surface area contributed by atoms with Crippen LogP contribution in [0.25, 0.3) is 0 Å². The lowest BCUT2D eigenvalue weighted by atomic mass is 10.4. The average Bonchev–Trinajstić information content (AvgIpc) is 2.53. The summed E-state index contributed by atoms with van der Waals surface area (Å²) < 4.78 is 27.3. The van der Waals surface area contributed by atoms with Gasteiger partial charge in [0.05, 0.1) is 8.68 Å². The van der Waals surface area contributed by atoms with Crippen LogP contribution in [0, 0.1) is 6.92 Å². The van der Waals surface area contributed by atoms with E-state index in [0.29, 0.717) is 24.0 Å². The summed E-state index contributed by atoms with van der Waals surface area (Å²) in [5.41, 5.74) is 0. The zero-order chi connectivity index (χ0) is 13.1. The van der Waals surface area contributed by atoms with E-state index in [-0.39, 0.29) is 0 Å². The lowest BCUT2D eigenvalue weighted by molar-refractivity contribution is 0.559. The molecule has 0 saturated heterocycles. The van der Waals surface area contributed by atoms with Crippen molar-refractivity contribution in [1.82, 2.24) is 10.0 Å². The summed E-state index contributed by atoms with van der Waals surface area (Å²) in [5, 5.41) is 3.16. The van der Waals surface area contributed by atoms with Gasteiger partial charge in [-0.1, -0.05) is 13.8 Å². The standard InChI is InChI=1S/C10H17BrN2O2S2/c1-7(2)12-4-5-13-17(14,15)9-6-10(11)16-8(9)3/h6-7,12-13H,4-5H2,1-3H3. The van der Waals surface area contributed by atoms with Crippen molar-refractivity contribution >= 4 is 37.3 Å². The Bertz CT molecular complexity index is 469. The zero-order valence-electron chi connectivity index (χ0n) is 10.1. The van der Waals surface area contributed by atoms with E-state index in [9.17, 15) is 8.42 Å². The normalized spacial score (nSPS) is 12.3. The monoisotopic (exact) mass is 340 g/mol. The van der Waals surface area contributed by atoms with Crippen LogP contribution in [0.4, 0.5) is 0 Å². The smallest absolute Gasteiger partial charge is 0.241 e. The van der Waals surface area contributed by atoms with Gasteiger partial charge in [0.25, 0.3) is 0 Å². The van der Waals surface area contributed by atoms with Crippen molar-refractivity contribution in [1.29, 1.82) is 0 Å². The van der Waals surface area contributed by atoms with E-state index in [1.54, 1.807) is 13.0 Å². The maximum Gasteiger partial charge on any atom is 0.241 e. The second-order valence-corrected chi connectivity index (χ2v) is 8.35. The summed E-state index contributed by atoms with van der Waals surface area (Å²) in [7, 11) is -3.38. The lowest BCUT2D eigenvalue weighted by Crippen LogP contribution is -2.34. The van der Waals surface area contributed by atoms with Crippen molar-refractivity contribution in [2.75, 3.05) is 13.1 Å². The van der Waals surface area contributed by atoms with Gasteiger partial charge in [-0.3, -0.25) is 0 Å². The molecule has 98 valence electrons. The van der Waals surface area contributed by atoms with Crippen LogP contribution >= 0.6 is 27.3 Å². The van der Waals surface area contributed by atoms with E-state index in [1.165, 1.54) is 11.3 Å². The molecule has 0 saturated carbocycles. The summed E-state index contributed by atoms with van der Waals surface area (Å²) in [6, 6.07) is 2.00. The summed E-state index contributed by atoms with van der Waals surface area (Å²) >= 11 is 4.71. The molecule has 0 radical (unpaired) electrons. The van der Waals surface area contributed by atoms with Gasteiger partial charge < -0.3 is 5.32 Å². The molecule has 4 nitrogen and oxygen atoms in total. The van der Waals surface area contributed by atoms with Gasteiger partial charge in [-0.2, -0.15) is 0 Å². The first-order valence-electron chi connectivity index (χ1n) is 5.32. The third-order valence-corrected chi connectivity index (χ3v) is 5.37. The van der Waals surface area contributed by atoms with Crippen LogP contribution in [-0.2, 0) is 10.0 Å². The molecule has 1 aromatic heterocycles. The topological polar surface area (TPSA) is 58.2 Å². The molecule has 0 aliphatic carbocycles. The van der Waals surface area contributed by atoms with Crippen molar-refractivity contribution < 1.29 is 8.42 Å². The van der Waals surface area contributed by atoms with Gasteiger partial charge >= 0.3 is 0 Å². The number of rotatable bonds is 6. The zero-order valence-corrected chi connectivity index (χ0v) is 13.3. The van der Waals surface area contributed by atoms with Crippen molar-refractivity contribution in [2.45, 2.75) is 31.7 Å². The van der Waals surface area contributed by atoms with Gasteiger partial charge in [0.1, 0.15) is 0 Å². The highest BCUT2D eigenvalue weighted by molar-refractivity contribution is 9.11. The Morgan fingerprint density at radius 1 is 1.41 bits per heavy atom. The molecule has 0 aliphatic heterocycles. The highest BCUT2D eigenvalue weighted by Gasteiger charge is 2.18. The van der Waals surface area contributed by atoms with Crippen LogP contribution in [0.5, 0.6) is 0 Å². The molecule has 1 rings (SSSR count). The Kier molecular flexibility index (Phi) is 5.59. The number of halogens is 1. The minimum Gasteiger partial charge on any atom is -0.313 e. The number of aryl methyl sites for hydroxylation is 1. The third-order valence-electron chi connectivity index (χ3n) is 2.10. The number of hydrogen-bond donors (Lipinski definition) is 2. The Morgan fingerprint density at radius 2 is 2.06 bits per heavy atom. The Balaban J connectivity index is 2.60. The first kappa shape index (κ1) is 15.1. The van der Waals surface area contributed by atoms with E-state index in [0.717, 1.165) is 8.66 Å². The quantitative estimate of drug-likeness (QED) is 0.779. The van der Waals surface area contributed by atoms with Crippen molar-refractivity contribution in [2.24, 2.45) is 0 Å². The SMILES string of the molecule is Cc1sc(Br)cc1S(=O)(=O)NCCNC(C)C. The fraction of sp³-hybridized carbons (Fsp3) is 0.600. The van der Waals surface area contributed by atoms with E-state index < -0.39 is 10.0 Å². The lowest BCUT2D eigenvalue weighted by Gasteiger charge is -2.09. The molecular formula is C10H17BrN2O2S2. The predicted molar refractivity (Wildman–Crippen MR) is 75.1 cm³/mol. The van der Waals surface area contributed by atoms with Crippen molar-refractivity contribution in [3.8, 4) is 0 Å². The maximum atomic E-state index is 12.0. The maximum absolute atomic E-state index is 12.0. The van der Waals surface area contributed by atoms with Crippen LogP contribution in [0.15, 0.2) is 14.7 Å². The molecule has 0 amide bonds. The predicted octanol–water partition coefficient (Wildman–Crippen LogP) is 2.10. The molecular weight excluding hydrogens is 324 g/mol. The van der Waals surface area contributed by atoms with Crippen LogP contribution in [-0.4, -0.2) is 27.5 Å². The first-order valence-corrected chi connectivity index (χ1v) is 8.41. The van der Waals surface area contributed by atoms with Crippen molar-refractivity contribution in [3.05, 3.63) is 14.7 Å². The molecule has 1 aromatic rings. The van der Waals surface area contributed by atoms with Crippen LogP contribution in [0.3, 0.4) is 0 Å². The molecule has 0 bridgehead atoms. The largest absolute Gasteiger partial charge is 0.313 e. The number of thiophene rings is 1. The fourth-order valence-corrected chi connectivity index (χ4v) is 4.77. The Morgan fingerprint density at radius 3 is 2.53 bits per heavy atom. The summed E-state index contributed by atoms with van der Waals surface area (Å²) in [5.74, 6) is 0. The highest BCUT2D eigenvalue weighted by atomic mass is 79.9. The second kappa shape index (κ2) is 6.29. The summed E-state index contributed by atoms with van der Waals surface area (Å²) in [6.45, 7) is 6.87. The third kappa shape index (κ3) is 4.67. The molecule has 17 heavy (non-hydrogen) atoms. The van der Waals surface area contributed by atoms with Gasteiger partial charge in [0.15, 0.2) is 0 Å². The minimum absolute atomic E-state index is 0.358. The molecule has 7 heteroatoms. The highest BCUT2D eigenvalue weighted by Crippen LogP contribution is 2.29. The number of sulfonamides is 1. The van der Waals surface area contributed by atoms with Crippen LogP contribution < -0.4 is 10.0 Å². The minimum atomic E-state index is -3.38. The molecule has 0 aliphatic rings. The molecule has 0 aromatic carbocycles. The first-order chi connectivity index (χ1) is 7.83. The Labute approximate surface area is 115 Å². The van der Waals surface area contributed by atoms with Gasteiger partial charge in [-0.05, 0) is 28.9 Å². The molecule has 2 N–H and O–H groups in total. The molecule has 0 unspecified atom stereocenters. The molecule has 0 fully saturated rings. The van der Waals surface area contributed by atoms with E-state index in [4.69, 9.17) is 0 Å². The van der Waals surface area contributed by atoms with Crippen LogP contribution in [0.2, 0.25) is 0 Å². The van der Waals surface area contributed by atoms with Crippen molar-refractivity contribution in [3.63, 3.8) is 0 Å². The molecule has 1 heterocycles. The second-order valence-electron chi connectivity index (χ2n) is 3.98. The fourth-order valence-electron chi connectivity index (χ4n) is 1.32. The number of hydrogen-bond acceptors (Lipinski definition) is 4. The summed E-state index contributed by atoms with van der Waals surface area (Å²) in [4.78, 5) is 1.15. The molecule has 0 atom stereocenters. The van der Waals surface area contributed by atoms with E-state index in [2.05, 4.69) is 26.0 Å². The summed E-state index contributed by atoms with van der Waals surface area (Å²) in [6.07, 6.45) is 0. The van der Waals surface area contributed by atoms with Gasteiger partial charge in [-0.25, -0.2) is 13.1 Å². The van der Waals surface area contributed by atoms with Gasteiger partial charge in [-0.15, -0.1) is 11.3 Å². The van der Waals surface area contributed by atoms with Crippen LogP contribution in [0.1, 0.15) is 18.7 Å². The Hall–Kier alpha value is 0.0500. The van der Waals surface area contributed by atoms with Gasteiger partial charge in [0, 0.05) is 24.0 Å². The average molecular weight is 341 g/mol. The van der Waals surface area contributed by atoms with E-state index in [1.807, 2.05) is 13.8 Å². The van der Waals surface area contributed by atoms with E-state index >= 15 is 0 Å². The molecule has 0 spiro atoms.